The molecule has 0 aliphatic carbocycles. The van der Waals surface area contributed by atoms with E-state index in [1.54, 1.807) is 11.3 Å². The van der Waals surface area contributed by atoms with E-state index in [4.69, 9.17) is 5.73 Å². The number of hydrogen-bond donors (Lipinski definition) is 2. The maximum absolute atomic E-state index is 5.78. The molecule has 102 valence electrons. The number of nitrogens with one attached hydrogen (secondary N) is 1. The fraction of sp³-hybridized carbons (Fsp3) is 0.462. The highest BCUT2D eigenvalue weighted by Crippen LogP contribution is 2.27. The molecule has 0 unspecified atom stereocenters. The van der Waals surface area contributed by atoms with Crippen LogP contribution in [0.25, 0.3) is 0 Å². The van der Waals surface area contributed by atoms with E-state index in [1.807, 2.05) is 6.92 Å². The molecule has 1 rings (SSSR count). The van der Waals surface area contributed by atoms with Crippen molar-refractivity contribution in [2.45, 2.75) is 26.2 Å². The van der Waals surface area contributed by atoms with Gasteiger partial charge in [0.1, 0.15) is 0 Å². The van der Waals surface area contributed by atoms with Crippen molar-refractivity contribution in [1.82, 2.24) is 5.32 Å². The summed E-state index contributed by atoms with van der Waals surface area (Å²) in [6, 6.07) is 4.20. The molecule has 3 nitrogen and oxygen atoms in total. The second-order valence-electron chi connectivity index (χ2n) is 4.87. The molecule has 0 aliphatic heterocycles. The Bertz CT molecular complexity index is 396. The smallest absolute Gasteiger partial charge is 0.188 e. The van der Waals surface area contributed by atoms with Crippen LogP contribution in [0.3, 0.4) is 0 Å². The molecule has 0 fully saturated rings. The molecule has 0 spiro atoms. The quantitative estimate of drug-likeness (QED) is 0.358. The van der Waals surface area contributed by atoms with Crippen LogP contribution in [-0.4, -0.2) is 19.0 Å². The first-order valence-electron chi connectivity index (χ1n) is 5.64. The molecule has 5 heteroatoms. The molecular formula is C13H22IN3S. The first-order valence-corrected chi connectivity index (χ1v) is 6.52. The zero-order valence-electron chi connectivity index (χ0n) is 11.2. The summed E-state index contributed by atoms with van der Waals surface area (Å²) in [4.78, 5) is 5.70. The lowest BCUT2D eigenvalue weighted by Crippen LogP contribution is -2.34. The lowest BCUT2D eigenvalue weighted by atomic mass is 9.92. The highest BCUT2D eigenvalue weighted by atomic mass is 127. The standard InChI is InChI=1S/C13H21N3S.HI/c1-10(2)8-15-12(14)16-9-13(3,4)11-6-5-7-17-11;/h5-7H,1,8-9H2,2-4H3,(H3,14,15,16);1H. The van der Waals surface area contributed by atoms with Gasteiger partial charge in [-0.25, -0.2) is 0 Å². The molecule has 0 aliphatic rings. The van der Waals surface area contributed by atoms with E-state index in [2.05, 4.69) is 48.2 Å². The fourth-order valence-electron chi connectivity index (χ4n) is 1.32. The van der Waals surface area contributed by atoms with Gasteiger partial charge < -0.3 is 11.1 Å². The highest BCUT2D eigenvalue weighted by Gasteiger charge is 2.21. The Balaban J connectivity index is 0.00000289. The van der Waals surface area contributed by atoms with Gasteiger partial charge in [-0.2, -0.15) is 0 Å². The number of nitrogens with two attached hydrogens (primary N) is 1. The molecular weight excluding hydrogens is 357 g/mol. The summed E-state index contributed by atoms with van der Waals surface area (Å²) < 4.78 is 0. The average molecular weight is 379 g/mol. The number of thiophene rings is 1. The fourth-order valence-corrected chi connectivity index (χ4v) is 2.17. The van der Waals surface area contributed by atoms with E-state index in [9.17, 15) is 0 Å². The summed E-state index contributed by atoms with van der Waals surface area (Å²) in [6.07, 6.45) is 0. The monoisotopic (exact) mass is 379 g/mol. The summed E-state index contributed by atoms with van der Waals surface area (Å²) in [6.45, 7) is 11.5. The van der Waals surface area contributed by atoms with Crippen LogP contribution in [0.2, 0.25) is 0 Å². The van der Waals surface area contributed by atoms with Gasteiger partial charge in [-0.1, -0.05) is 32.1 Å². The Morgan fingerprint density at radius 2 is 2.22 bits per heavy atom. The highest BCUT2D eigenvalue weighted by molar-refractivity contribution is 14.0. The Labute approximate surface area is 131 Å². The molecule has 0 amide bonds. The van der Waals surface area contributed by atoms with Crippen molar-refractivity contribution in [3.05, 3.63) is 34.5 Å². The van der Waals surface area contributed by atoms with Gasteiger partial charge in [-0.15, -0.1) is 35.3 Å². The van der Waals surface area contributed by atoms with Crippen LogP contribution in [0, 0.1) is 0 Å². The summed E-state index contributed by atoms with van der Waals surface area (Å²) in [7, 11) is 0. The van der Waals surface area contributed by atoms with Crippen LogP contribution in [0.1, 0.15) is 25.6 Å². The molecule has 3 N–H and O–H groups in total. The van der Waals surface area contributed by atoms with E-state index in [0.717, 1.165) is 5.57 Å². The Hall–Kier alpha value is -0.560. The summed E-state index contributed by atoms with van der Waals surface area (Å²) in [5.41, 5.74) is 6.86. The third kappa shape index (κ3) is 5.86. The molecule has 0 saturated carbocycles. The number of aliphatic imine (C=N–C) groups is 1. The van der Waals surface area contributed by atoms with Crippen LogP contribution >= 0.6 is 35.3 Å². The van der Waals surface area contributed by atoms with Crippen molar-refractivity contribution in [2.75, 3.05) is 13.1 Å². The zero-order valence-corrected chi connectivity index (χ0v) is 14.3. The Morgan fingerprint density at radius 3 is 2.72 bits per heavy atom. The van der Waals surface area contributed by atoms with E-state index >= 15 is 0 Å². The van der Waals surface area contributed by atoms with E-state index in [-0.39, 0.29) is 29.4 Å². The van der Waals surface area contributed by atoms with Gasteiger partial charge in [0.15, 0.2) is 5.96 Å². The lowest BCUT2D eigenvalue weighted by Gasteiger charge is -2.21. The molecule has 18 heavy (non-hydrogen) atoms. The molecule has 0 saturated heterocycles. The van der Waals surface area contributed by atoms with Crippen LogP contribution < -0.4 is 11.1 Å². The van der Waals surface area contributed by atoms with Gasteiger partial charge in [0.25, 0.3) is 0 Å². The molecule has 0 bridgehead atoms. The van der Waals surface area contributed by atoms with Gasteiger partial charge in [-0.05, 0) is 18.4 Å². The second-order valence-corrected chi connectivity index (χ2v) is 5.82. The molecule has 0 aromatic carbocycles. The van der Waals surface area contributed by atoms with Gasteiger partial charge in [-0.3, -0.25) is 4.99 Å². The van der Waals surface area contributed by atoms with Gasteiger partial charge in [0, 0.05) is 16.8 Å². The van der Waals surface area contributed by atoms with Gasteiger partial charge >= 0.3 is 0 Å². The lowest BCUT2D eigenvalue weighted by molar-refractivity contribution is 0.550. The topological polar surface area (TPSA) is 50.4 Å². The normalized spacial score (nSPS) is 11.8. The number of nitrogens with zero attached hydrogens (tertiary/aromatic N) is 1. The maximum atomic E-state index is 5.78. The minimum Gasteiger partial charge on any atom is -0.370 e. The molecule has 1 aromatic heterocycles. The van der Waals surface area contributed by atoms with Crippen LogP contribution in [0.5, 0.6) is 0 Å². The first kappa shape index (κ1) is 17.4. The van der Waals surface area contributed by atoms with Crippen molar-refractivity contribution in [1.29, 1.82) is 0 Å². The maximum Gasteiger partial charge on any atom is 0.188 e. The number of guanidine groups is 1. The SMILES string of the molecule is C=C(C)CNC(N)=NCC(C)(C)c1cccs1.I. The van der Waals surface area contributed by atoms with Gasteiger partial charge in [0.05, 0.1) is 6.54 Å². The van der Waals surface area contributed by atoms with Crippen molar-refractivity contribution in [3.8, 4) is 0 Å². The summed E-state index contributed by atoms with van der Waals surface area (Å²) >= 11 is 1.76. The molecule has 0 radical (unpaired) electrons. The zero-order chi connectivity index (χ0) is 12.9. The number of rotatable bonds is 5. The summed E-state index contributed by atoms with van der Waals surface area (Å²) in [5.74, 6) is 0.484. The van der Waals surface area contributed by atoms with E-state index < -0.39 is 0 Å². The van der Waals surface area contributed by atoms with Crippen molar-refractivity contribution in [2.24, 2.45) is 10.7 Å². The van der Waals surface area contributed by atoms with Crippen molar-refractivity contribution < 1.29 is 0 Å². The molecule has 0 atom stereocenters. The van der Waals surface area contributed by atoms with Crippen molar-refractivity contribution >= 4 is 41.3 Å². The average Bonchev–Trinajstić information content (AvgIpc) is 2.77. The van der Waals surface area contributed by atoms with E-state index in [1.165, 1.54) is 4.88 Å². The Morgan fingerprint density at radius 1 is 1.56 bits per heavy atom. The first-order chi connectivity index (χ1) is 7.92. The van der Waals surface area contributed by atoms with Crippen LogP contribution in [-0.2, 0) is 5.41 Å². The predicted molar refractivity (Wildman–Crippen MR) is 92.1 cm³/mol. The van der Waals surface area contributed by atoms with Gasteiger partial charge in [0.2, 0.25) is 0 Å². The second kappa shape index (κ2) is 7.78. The molecule has 1 aromatic rings. The summed E-state index contributed by atoms with van der Waals surface area (Å²) in [5, 5.41) is 5.12. The largest absolute Gasteiger partial charge is 0.370 e. The van der Waals surface area contributed by atoms with E-state index in [0.29, 0.717) is 19.0 Å². The van der Waals surface area contributed by atoms with Crippen LogP contribution in [0.15, 0.2) is 34.7 Å². The molecule has 1 heterocycles. The Kier molecular flexibility index (Phi) is 7.54. The third-order valence-corrected chi connectivity index (χ3v) is 3.64. The van der Waals surface area contributed by atoms with Crippen LogP contribution in [0.4, 0.5) is 0 Å². The number of hydrogen-bond acceptors (Lipinski definition) is 2. The minimum atomic E-state index is 0. The third-order valence-electron chi connectivity index (χ3n) is 2.40. The minimum absolute atomic E-state index is 0. The predicted octanol–water partition coefficient (Wildman–Crippen LogP) is 3.12. The number of halogens is 1. The van der Waals surface area contributed by atoms with Crippen molar-refractivity contribution in [3.63, 3.8) is 0 Å².